The Labute approximate surface area is 182 Å². The molecule has 31 heavy (non-hydrogen) atoms. The monoisotopic (exact) mass is 468 g/mol. The molecular formula is C18H20N4O7S2. The Morgan fingerprint density at radius 1 is 1.16 bits per heavy atom. The van der Waals surface area contributed by atoms with E-state index in [9.17, 15) is 28.1 Å². The Balaban J connectivity index is 1.92. The Morgan fingerprint density at radius 3 is 2.52 bits per heavy atom. The maximum Gasteiger partial charge on any atom is 0.321 e. The van der Waals surface area contributed by atoms with Gasteiger partial charge in [0.15, 0.2) is 6.61 Å². The van der Waals surface area contributed by atoms with E-state index in [0.717, 1.165) is 17.0 Å². The van der Waals surface area contributed by atoms with Crippen LogP contribution in [0.4, 0.5) is 17.1 Å². The summed E-state index contributed by atoms with van der Waals surface area (Å²) in [6, 6.07) is 10.3. The molecule has 0 aliphatic carbocycles. The molecule has 0 saturated heterocycles. The molecule has 0 unspecified atom stereocenters. The first-order valence-electron chi connectivity index (χ1n) is 8.72. The maximum absolute atomic E-state index is 12.3. The van der Waals surface area contributed by atoms with Crippen molar-refractivity contribution in [2.45, 2.75) is 9.79 Å². The van der Waals surface area contributed by atoms with Gasteiger partial charge in [0.05, 0.1) is 15.5 Å². The summed E-state index contributed by atoms with van der Waals surface area (Å²) in [7, 11) is -2.76. The average molecular weight is 469 g/mol. The Bertz CT molecular complexity index is 1090. The lowest BCUT2D eigenvalue weighted by Gasteiger charge is -2.10. The zero-order chi connectivity index (χ0) is 23.0. The third kappa shape index (κ3) is 6.67. The van der Waals surface area contributed by atoms with Crippen molar-refractivity contribution in [3.8, 4) is 0 Å². The molecule has 0 saturated carbocycles. The average Bonchev–Trinajstić information content (AvgIpc) is 2.76. The maximum atomic E-state index is 12.3. The van der Waals surface area contributed by atoms with Crippen LogP contribution in [0.2, 0.25) is 0 Å². The third-order valence-corrected chi connectivity index (χ3v) is 6.09. The summed E-state index contributed by atoms with van der Waals surface area (Å²) in [5.41, 5.74) is 0.260. The quantitative estimate of drug-likeness (QED) is 0.205. The molecule has 0 heterocycles. The lowest BCUT2D eigenvalue weighted by atomic mass is 10.3. The van der Waals surface area contributed by atoms with E-state index in [-0.39, 0.29) is 5.69 Å². The topological polar surface area (TPSA) is 157 Å². The van der Waals surface area contributed by atoms with Gasteiger partial charge in [-0.15, -0.1) is 11.8 Å². The van der Waals surface area contributed by atoms with Crippen LogP contribution < -0.4 is 15.4 Å². The fraction of sp³-hybridized carbons (Fsp3) is 0.222. The van der Waals surface area contributed by atoms with E-state index in [1.54, 1.807) is 12.1 Å². The van der Waals surface area contributed by atoms with E-state index in [2.05, 4.69) is 10.6 Å². The SMILES string of the molecule is CNc1ccc(S(=O)(=O)NCC(=O)OCC(=O)Nc2ccccc2SC)cc1[N+](=O)[O-]. The van der Waals surface area contributed by atoms with Crippen molar-refractivity contribution in [3.05, 3.63) is 52.6 Å². The molecule has 0 radical (unpaired) electrons. The van der Waals surface area contributed by atoms with Crippen LogP contribution in [-0.4, -0.2) is 51.7 Å². The van der Waals surface area contributed by atoms with Gasteiger partial charge in [0, 0.05) is 18.0 Å². The predicted octanol–water partition coefficient (Wildman–Crippen LogP) is 1.82. The molecule has 0 aliphatic rings. The molecule has 2 aromatic carbocycles. The van der Waals surface area contributed by atoms with Crippen molar-refractivity contribution in [2.75, 3.05) is 37.1 Å². The van der Waals surface area contributed by atoms with Crippen LogP contribution in [0.15, 0.2) is 52.3 Å². The van der Waals surface area contributed by atoms with Crippen LogP contribution in [0, 0.1) is 10.1 Å². The number of rotatable bonds is 10. The molecule has 0 aromatic heterocycles. The summed E-state index contributed by atoms with van der Waals surface area (Å²) in [5, 5.41) is 16.3. The standard InChI is InChI=1S/C18H20N4O7S2/c1-19-13-8-7-12(9-15(13)22(25)26)31(27,28)20-10-18(24)29-11-17(23)21-14-5-3-4-6-16(14)30-2/h3-9,19-20H,10-11H2,1-2H3,(H,21,23). The highest BCUT2D eigenvalue weighted by Crippen LogP contribution is 2.27. The molecule has 1 amide bonds. The number of anilines is 2. The van der Waals surface area contributed by atoms with E-state index in [1.165, 1.54) is 24.9 Å². The van der Waals surface area contributed by atoms with Crippen LogP contribution >= 0.6 is 11.8 Å². The number of esters is 1. The van der Waals surface area contributed by atoms with Crippen LogP contribution in [-0.2, 0) is 24.3 Å². The predicted molar refractivity (Wildman–Crippen MR) is 116 cm³/mol. The number of nitro groups is 1. The first-order chi connectivity index (χ1) is 14.7. The fourth-order valence-electron chi connectivity index (χ4n) is 2.41. The number of carbonyl (C=O) groups is 2. The minimum atomic E-state index is -4.22. The van der Waals surface area contributed by atoms with Crippen LogP contribution in [0.3, 0.4) is 0 Å². The van der Waals surface area contributed by atoms with Gasteiger partial charge in [0.2, 0.25) is 10.0 Å². The number of amides is 1. The van der Waals surface area contributed by atoms with Crippen LogP contribution in [0.1, 0.15) is 0 Å². The van der Waals surface area contributed by atoms with Crippen molar-refractivity contribution >= 4 is 50.7 Å². The summed E-state index contributed by atoms with van der Waals surface area (Å²) in [5.74, 6) is -1.57. The smallest absolute Gasteiger partial charge is 0.321 e. The Hall–Kier alpha value is -3.16. The van der Waals surface area contributed by atoms with Crippen molar-refractivity contribution in [2.24, 2.45) is 0 Å². The summed E-state index contributed by atoms with van der Waals surface area (Å²) < 4.78 is 31.4. The molecule has 0 atom stereocenters. The van der Waals surface area contributed by atoms with E-state index in [1.807, 2.05) is 23.1 Å². The van der Waals surface area contributed by atoms with Crippen LogP contribution in [0.5, 0.6) is 0 Å². The highest BCUT2D eigenvalue weighted by atomic mass is 32.2. The molecule has 0 fully saturated rings. The molecule has 166 valence electrons. The fourth-order valence-corrected chi connectivity index (χ4v) is 3.95. The van der Waals surface area contributed by atoms with Gasteiger partial charge in [-0.1, -0.05) is 12.1 Å². The second-order valence-corrected chi connectivity index (χ2v) is 8.53. The molecular weight excluding hydrogens is 448 g/mol. The van der Waals surface area contributed by atoms with Crippen molar-refractivity contribution in [1.82, 2.24) is 4.72 Å². The largest absolute Gasteiger partial charge is 0.455 e. The van der Waals surface area contributed by atoms with Gasteiger partial charge < -0.3 is 15.4 Å². The van der Waals surface area contributed by atoms with Crippen LogP contribution in [0.25, 0.3) is 0 Å². The molecule has 2 rings (SSSR count). The number of ether oxygens (including phenoxy) is 1. The molecule has 11 nitrogen and oxygen atoms in total. The highest BCUT2D eigenvalue weighted by molar-refractivity contribution is 7.98. The van der Waals surface area contributed by atoms with E-state index >= 15 is 0 Å². The van der Waals surface area contributed by atoms with Gasteiger partial charge in [-0.25, -0.2) is 8.42 Å². The minimum Gasteiger partial charge on any atom is -0.455 e. The number of nitrogens with zero attached hydrogens (tertiary/aromatic N) is 1. The second kappa shape index (κ2) is 10.7. The molecule has 0 aliphatic heterocycles. The lowest BCUT2D eigenvalue weighted by Crippen LogP contribution is -2.32. The van der Waals surface area contributed by atoms with E-state index < -0.39 is 50.6 Å². The molecule has 0 bridgehead atoms. The first-order valence-corrected chi connectivity index (χ1v) is 11.4. The lowest BCUT2D eigenvalue weighted by molar-refractivity contribution is -0.384. The second-order valence-electron chi connectivity index (χ2n) is 5.92. The molecule has 3 N–H and O–H groups in total. The number of hydrogen-bond acceptors (Lipinski definition) is 9. The summed E-state index contributed by atoms with van der Waals surface area (Å²) in [6.45, 7) is -1.36. The van der Waals surface area contributed by atoms with Crippen molar-refractivity contribution in [3.63, 3.8) is 0 Å². The van der Waals surface area contributed by atoms with Crippen molar-refractivity contribution in [1.29, 1.82) is 0 Å². The number of hydrogen-bond donors (Lipinski definition) is 3. The highest BCUT2D eigenvalue weighted by Gasteiger charge is 2.22. The number of carbonyl (C=O) groups excluding carboxylic acids is 2. The van der Waals surface area contributed by atoms with E-state index in [0.29, 0.717) is 5.69 Å². The molecule has 13 heteroatoms. The number of thioether (sulfide) groups is 1. The normalized spacial score (nSPS) is 10.9. The number of nitrogens with one attached hydrogen (secondary N) is 3. The molecule has 0 spiro atoms. The summed E-state index contributed by atoms with van der Waals surface area (Å²) >= 11 is 1.43. The van der Waals surface area contributed by atoms with Crippen molar-refractivity contribution < 1.29 is 27.7 Å². The Kier molecular flexibility index (Phi) is 8.36. The van der Waals surface area contributed by atoms with Gasteiger partial charge in [-0.3, -0.25) is 19.7 Å². The Morgan fingerprint density at radius 2 is 1.87 bits per heavy atom. The van der Waals surface area contributed by atoms with E-state index in [4.69, 9.17) is 4.74 Å². The molecule has 2 aromatic rings. The minimum absolute atomic E-state index is 0.136. The first kappa shape index (κ1) is 24.1. The number of sulfonamides is 1. The number of nitro benzene ring substituents is 1. The zero-order valence-corrected chi connectivity index (χ0v) is 18.2. The van der Waals surface area contributed by atoms with Gasteiger partial charge in [-0.2, -0.15) is 4.72 Å². The number of para-hydroxylation sites is 1. The van der Waals surface area contributed by atoms with Gasteiger partial charge in [0.1, 0.15) is 12.2 Å². The summed E-state index contributed by atoms with van der Waals surface area (Å²) in [4.78, 5) is 34.6. The third-order valence-electron chi connectivity index (χ3n) is 3.90. The number of benzene rings is 2. The van der Waals surface area contributed by atoms with Gasteiger partial charge in [0.25, 0.3) is 11.6 Å². The van der Waals surface area contributed by atoms with Gasteiger partial charge in [-0.05, 0) is 30.5 Å². The summed E-state index contributed by atoms with van der Waals surface area (Å²) in [6.07, 6.45) is 1.85. The zero-order valence-electron chi connectivity index (χ0n) is 16.6. The van der Waals surface area contributed by atoms with Gasteiger partial charge >= 0.3 is 5.97 Å².